The Labute approximate surface area is 217 Å². The van der Waals surface area contributed by atoms with E-state index < -0.39 is 17.4 Å². The molecule has 1 spiro atoms. The number of pyridine rings is 1. The molecule has 1 aliphatic carbocycles. The van der Waals surface area contributed by atoms with Gasteiger partial charge in [0, 0.05) is 36.3 Å². The lowest BCUT2D eigenvalue weighted by Gasteiger charge is -2.43. The van der Waals surface area contributed by atoms with Gasteiger partial charge in [0.25, 0.3) is 5.56 Å². The third-order valence-corrected chi connectivity index (χ3v) is 8.62. The fraction of sp³-hybridized carbons (Fsp3) is 0.423. The molecule has 7 nitrogen and oxygen atoms in total. The van der Waals surface area contributed by atoms with E-state index in [1.54, 1.807) is 0 Å². The zero-order valence-electron chi connectivity index (χ0n) is 20.6. The first kappa shape index (κ1) is 25.6. The third-order valence-electron chi connectivity index (χ3n) is 7.48. The predicted molar refractivity (Wildman–Crippen MR) is 138 cm³/mol. The molecule has 1 atom stereocenters. The van der Waals surface area contributed by atoms with E-state index in [1.807, 2.05) is 30.9 Å². The number of anilines is 2. The number of halogens is 3. The zero-order valence-corrected chi connectivity index (χ0v) is 21.4. The number of hydrogen-bond acceptors (Lipinski definition) is 7. The minimum atomic E-state index is -4.66. The molecule has 4 N–H and O–H groups in total. The Kier molecular flexibility index (Phi) is 6.47. The van der Waals surface area contributed by atoms with Crippen LogP contribution in [0.5, 0.6) is 0 Å². The van der Waals surface area contributed by atoms with Gasteiger partial charge in [0.2, 0.25) is 5.95 Å². The van der Waals surface area contributed by atoms with E-state index >= 15 is 0 Å². The van der Waals surface area contributed by atoms with Crippen molar-refractivity contribution in [1.82, 2.24) is 14.5 Å². The quantitative estimate of drug-likeness (QED) is 0.499. The lowest BCUT2D eigenvalue weighted by molar-refractivity contribution is -0.143. The Bertz CT molecular complexity index is 1380. The molecule has 2 aromatic heterocycles. The van der Waals surface area contributed by atoms with Crippen LogP contribution in [-0.2, 0) is 12.6 Å². The Morgan fingerprint density at radius 2 is 1.84 bits per heavy atom. The minimum Gasteiger partial charge on any atom is -0.382 e. The summed E-state index contributed by atoms with van der Waals surface area (Å²) in [7, 11) is 0. The van der Waals surface area contributed by atoms with E-state index in [0.29, 0.717) is 30.8 Å². The highest BCUT2D eigenvalue weighted by atomic mass is 32.2. The summed E-state index contributed by atoms with van der Waals surface area (Å²) in [5.41, 5.74) is 13.8. The highest BCUT2D eigenvalue weighted by molar-refractivity contribution is 7.99. The van der Waals surface area contributed by atoms with Crippen molar-refractivity contribution >= 4 is 23.5 Å². The molecule has 2 aliphatic rings. The number of nitrogens with zero attached hydrogens (tertiary/aromatic N) is 4. The molecule has 0 bridgehead atoms. The summed E-state index contributed by atoms with van der Waals surface area (Å²) in [5.74, 6) is 0.340. The number of piperidine rings is 1. The van der Waals surface area contributed by atoms with Gasteiger partial charge in [-0.05, 0) is 61.8 Å². The summed E-state index contributed by atoms with van der Waals surface area (Å²) in [6.45, 7) is 4.98. The standard InChI is InChI=1S/C26H29F3N6OS/c1-15(2)35-23(36)19(37-18-8-5-11-32-21(18)26(27,28)29)22(31)33-24(35)34-12-9-25(10-13-34)14-16-6-3-4-7-17(16)20(25)30/h3-8,11,15,20H,9-10,12-14,30-31H2,1-2H3/t20-/m1/s1. The second kappa shape index (κ2) is 9.36. The summed E-state index contributed by atoms with van der Waals surface area (Å²) in [5, 5.41) is 0. The number of nitrogen functional groups attached to an aromatic ring is 1. The van der Waals surface area contributed by atoms with Crippen LogP contribution in [0, 0.1) is 5.41 Å². The number of hydrogen-bond donors (Lipinski definition) is 2. The molecule has 1 fully saturated rings. The zero-order chi connectivity index (χ0) is 26.5. The number of aromatic nitrogens is 3. The fourth-order valence-corrected chi connectivity index (χ4v) is 6.53. The lowest BCUT2D eigenvalue weighted by atomic mass is 9.73. The van der Waals surface area contributed by atoms with Crippen molar-refractivity contribution < 1.29 is 13.2 Å². The molecule has 3 aromatic rings. The van der Waals surface area contributed by atoms with Crippen molar-refractivity contribution in [3.8, 4) is 0 Å². The van der Waals surface area contributed by atoms with Crippen LogP contribution in [0.2, 0.25) is 0 Å². The molecule has 1 aliphatic heterocycles. The van der Waals surface area contributed by atoms with E-state index in [-0.39, 0.29) is 33.1 Å². The van der Waals surface area contributed by atoms with Crippen molar-refractivity contribution in [2.75, 3.05) is 23.7 Å². The molecule has 1 saturated heterocycles. The van der Waals surface area contributed by atoms with Crippen molar-refractivity contribution in [1.29, 1.82) is 0 Å². The average Bonchev–Trinajstić information content (AvgIpc) is 3.12. The van der Waals surface area contributed by atoms with E-state index in [2.05, 4.69) is 22.1 Å². The summed E-state index contributed by atoms with van der Waals surface area (Å²) >= 11 is 0.651. The Morgan fingerprint density at radius 1 is 1.14 bits per heavy atom. The molecule has 0 radical (unpaired) electrons. The Hall–Kier alpha value is -3.05. The van der Waals surface area contributed by atoms with E-state index in [9.17, 15) is 18.0 Å². The molecule has 11 heteroatoms. The lowest BCUT2D eigenvalue weighted by Crippen LogP contribution is -2.46. The average molecular weight is 531 g/mol. The normalized spacial score (nSPS) is 19.0. The van der Waals surface area contributed by atoms with Crippen LogP contribution in [-0.4, -0.2) is 27.6 Å². The van der Waals surface area contributed by atoms with E-state index in [4.69, 9.17) is 11.5 Å². The highest BCUT2D eigenvalue weighted by Gasteiger charge is 2.46. The van der Waals surface area contributed by atoms with Gasteiger partial charge in [0.15, 0.2) is 5.69 Å². The summed E-state index contributed by atoms with van der Waals surface area (Å²) in [6, 6.07) is 10.6. The van der Waals surface area contributed by atoms with Crippen LogP contribution < -0.4 is 21.9 Å². The molecular weight excluding hydrogens is 501 g/mol. The number of nitrogens with two attached hydrogens (primary N) is 2. The molecule has 3 heterocycles. The maximum absolute atomic E-state index is 13.6. The van der Waals surface area contributed by atoms with Gasteiger partial charge >= 0.3 is 6.18 Å². The molecule has 196 valence electrons. The molecule has 0 saturated carbocycles. The van der Waals surface area contributed by atoms with Crippen molar-refractivity contribution in [3.63, 3.8) is 0 Å². The van der Waals surface area contributed by atoms with Gasteiger partial charge in [-0.25, -0.2) is 0 Å². The van der Waals surface area contributed by atoms with Gasteiger partial charge < -0.3 is 16.4 Å². The third kappa shape index (κ3) is 4.48. The van der Waals surface area contributed by atoms with Crippen LogP contribution in [0.15, 0.2) is 57.2 Å². The van der Waals surface area contributed by atoms with Crippen LogP contribution in [0.4, 0.5) is 24.9 Å². The maximum Gasteiger partial charge on any atom is 0.434 e. The van der Waals surface area contributed by atoms with Crippen LogP contribution in [0.3, 0.4) is 0 Å². The van der Waals surface area contributed by atoms with Gasteiger partial charge in [-0.3, -0.25) is 14.3 Å². The molecule has 5 rings (SSSR count). The molecule has 0 unspecified atom stereocenters. The molecule has 37 heavy (non-hydrogen) atoms. The second-order valence-electron chi connectivity index (χ2n) is 10.0. The first-order chi connectivity index (χ1) is 17.5. The van der Waals surface area contributed by atoms with Crippen LogP contribution in [0.25, 0.3) is 0 Å². The first-order valence-corrected chi connectivity index (χ1v) is 13.0. The van der Waals surface area contributed by atoms with Gasteiger partial charge in [-0.1, -0.05) is 36.0 Å². The largest absolute Gasteiger partial charge is 0.434 e. The maximum atomic E-state index is 13.6. The first-order valence-electron chi connectivity index (χ1n) is 12.2. The summed E-state index contributed by atoms with van der Waals surface area (Å²) < 4.78 is 42.0. The Balaban J connectivity index is 1.45. The topological polar surface area (TPSA) is 103 Å². The summed E-state index contributed by atoms with van der Waals surface area (Å²) in [6.07, 6.45) is -1.00. The molecule has 1 aromatic carbocycles. The van der Waals surface area contributed by atoms with Gasteiger partial charge in [-0.2, -0.15) is 18.2 Å². The second-order valence-corrected chi connectivity index (χ2v) is 11.1. The highest BCUT2D eigenvalue weighted by Crippen LogP contribution is 2.51. The summed E-state index contributed by atoms with van der Waals surface area (Å²) in [4.78, 5) is 23.4. The number of alkyl halides is 3. The van der Waals surface area contributed by atoms with Crippen molar-refractivity contribution in [2.45, 2.75) is 61.2 Å². The smallest absolute Gasteiger partial charge is 0.382 e. The van der Waals surface area contributed by atoms with Crippen molar-refractivity contribution in [3.05, 3.63) is 69.8 Å². The van der Waals surface area contributed by atoms with E-state index in [0.717, 1.165) is 25.5 Å². The Morgan fingerprint density at radius 3 is 2.49 bits per heavy atom. The van der Waals surface area contributed by atoms with Gasteiger partial charge in [-0.15, -0.1) is 0 Å². The minimum absolute atomic E-state index is 0.0429. The predicted octanol–water partition coefficient (Wildman–Crippen LogP) is 4.81. The van der Waals surface area contributed by atoms with Crippen LogP contribution >= 0.6 is 11.8 Å². The number of rotatable bonds is 4. The fourth-order valence-electron chi connectivity index (χ4n) is 5.56. The van der Waals surface area contributed by atoms with Crippen LogP contribution in [0.1, 0.15) is 55.6 Å². The number of benzene rings is 1. The van der Waals surface area contributed by atoms with Gasteiger partial charge in [0.1, 0.15) is 10.7 Å². The van der Waals surface area contributed by atoms with E-state index in [1.165, 1.54) is 27.8 Å². The SMILES string of the molecule is CC(C)n1c(N2CCC3(CC2)Cc2ccccc2[C@H]3N)nc(N)c(Sc2cccnc2C(F)(F)F)c1=O. The van der Waals surface area contributed by atoms with Crippen molar-refractivity contribution in [2.24, 2.45) is 11.1 Å². The van der Waals surface area contributed by atoms with Gasteiger partial charge in [0.05, 0.1) is 0 Å². The molecule has 0 amide bonds. The molecular formula is C26H29F3N6OS. The monoisotopic (exact) mass is 530 g/mol. The number of fused-ring (bicyclic) bond motifs is 1.